The van der Waals surface area contributed by atoms with Crippen LogP contribution in [0, 0.1) is 0 Å². The number of rotatable bonds is 6. The first-order chi connectivity index (χ1) is 15.7. The van der Waals surface area contributed by atoms with E-state index < -0.39 is 0 Å². The number of nitrogen functional groups attached to an aromatic ring is 1. The fourth-order valence-corrected chi connectivity index (χ4v) is 4.73. The average molecular weight is 434 g/mol. The Labute approximate surface area is 188 Å². The van der Waals surface area contributed by atoms with Gasteiger partial charge in [-0.3, -0.25) is 9.69 Å². The van der Waals surface area contributed by atoms with E-state index in [1.165, 1.54) is 10.1 Å². The SMILES string of the molecule is Nn1c(NCCCN2CCN(c3ccc4ccccc4n3)CC2)nc2c(c1=O)CCCC2. The lowest BCUT2D eigenvalue weighted by atomic mass is 9.97. The van der Waals surface area contributed by atoms with Gasteiger partial charge in [-0.25, -0.2) is 9.97 Å². The molecule has 3 aromatic rings. The average Bonchev–Trinajstić information content (AvgIpc) is 2.85. The zero-order chi connectivity index (χ0) is 21.9. The number of nitrogens with two attached hydrogens (primary N) is 1. The van der Waals surface area contributed by atoms with Crippen LogP contribution in [0.4, 0.5) is 11.8 Å². The van der Waals surface area contributed by atoms with Crippen LogP contribution in [0.25, 0.3) is 10.9 Å². The van der Waals surface area contributed by atoms with Crippen LogP contribution in [-0.2, 0) is 12.8 Å². The molecule has 32 heavy (non-hydrogen) atoms. The lowest BCUT2D eigenvalue weighted by Crippen LogP contribution is -2.47. The molecule has 8 nitrogen and oxygen atoms in total. The highest BCUT2D eigenvalue weighted by Crippen LogP contribution is 2.20. The van der Waals surface area contributed by atoms with Crippen molar-refractivity contribution < 1.29 is 0 Å². The molecule has 1 saturated heterocycles. The van der Waals surface area contributed by atoms with E-state index >= 15 is 0 Å². The van der Waals surface area contributed by atoms with E-state index in [4.69, 9.17) is 10.8 Å². The molecule has 2 aromatic heterocycles. The molecule has 5 rings (SSSR count). The van der Waals surface area contributed by atoms with E-state index in [9.17, 15) is 4.79 Å². The summed E-state index contributed by atoms with van der Waals surface area (Å²) in [7, 11) is 0. The van der Waals surface area contributed by atoms with Gasteiger partial charge in [-0.2, -0.15) is 4.68 Å². The van der Waals surface area contributed by atoms with E-state index in [0.29, 0.717) is 5.95 Å². The van der Waals surface area contributed by atoms with Crippen molar-refractivity contribution in [2.45, 2.75) is 32.1 Å². The summed E-state index contributed by atoms with van der Waals surface area (Å²) < 4.78 is 1.18. The Morgan fingerprint density at radius 2 is 1.78 bits per heavy atom. The number of aromatic nitrogens is 3. The molecule has 0 atom stereocenters. The molecule has 0 bridgehead atoms. The number of anilines is 2. The Morgan fingerprint density at radius 3 is 2.66 bits per heavy atom. The molecule has 0 spiro atoms. The molecular formula is C24H31N7O. The van der Waals surface area contributed by atoms with Crippen molar-refractivity contribution >= 4 is 22.7 Å². The van der Waals surface area contributed by atoms with E-state index in [2.05, 4.69) is 44.4 Å². The summed E-state index contributed by atoms with van der Waals surface area (Å²) in [6.07, 6.45) is 4.77. The van der Waals surface area contributed by atoms with Gasteiger partial charge in [0.2, 0.25) is 5.95 Å². The topological polar surface area (TPSA) is 92.3 Å². The van der Waals surface area contributed by atoms with E-state index in [1.54, 1.807) is 0 Å². The van der Waals surface area contributed by atoms with Gasteiger partial charge in [0.25, 0.3) is 5.56 Å². The first-order valence-corrected chi connectivity index (χ1v) is 11.7. The van der Waals surface area contributed by atoms with Crippen LogP contribution in [0.1, 0.15) is 30.5 Å². The molecule has 2 aliphatic rings. The summed E-state index contributed by atoms with van der Waals surface area (Å²) >= 11 is 0. The molecule has 0 saturated carbocycles. The first kappa shape index (κ1) is 20.8. The molecular weight excluding hydrogens is 402 g/mol. The fraction of sp³-hybridized carbons (Fsp3) is 0.458. The van der Waals surface area contributed by atoms with Gasteiger partial charge < -0.3 is 16.1 Å². The monoisotopic (exact) mass is 433 g/mol. The first-order valence-electron chi connectivity index (χ1n) is 11.7. The largest absolute Gasteiger partial charge is 0.354 e. The third-order valence-corrected chi connectivity index (χ3v) is 6.60. The van der Waals surface area contributed by atoms with Gasteiger partial charge in [-0.05, 0) is 56.8 Å². The number of fused-ring (bicyclic) bond motifs is 2. The Kier molecular flexibility index (Phi) is 5.94. The maximum atomic E-state index is 12.5. The molecule has 1 aliphatic heterocycles. The fourth-order valence-electron chi connectivity index (χ4n) is 4.73. The van der Waals surface area contributed by atoms with E-state index in [0.717, 1.165) is 94.0 Å². The van der Waals surface area contributed by atoms with Crippen LogP contribution in [-0.4, -0.2) is 58.8 Å². The van der Waals surface area contributed by atoms with Crippen molar-refractivity contribution in [1.29, 1.82) is 0 Å². The molecule has 3 N–H and O–H groups in total. The number of hydrogen-bond acceptors (Lipinski definition) is 7. The Hall–Kier alpha value is -3.13. The van der Waals surface area contributed by atoms with Crippen molar-refractivity contribution in [3.05, 3.63) is 58.0 Å². The number of hydrogen-bond donors (Lipinski definition) is 2. The second kappa shape index (κ2) is 9.16. The van der Waals surface area contributed by atoms with E-state index in [1.807, 2.05) is 12.1 Å². The lowest BCUT2D eigenvalue weighted by molar-refractivity contribution is 0.256. The van der Waals surface area contributed by atoms with Crippen LogP contribution in [0.15, 0.2) is 41.2 Å². The third-order valence-electron chi connectivity index (χ3n) is 6.60. The summed E-state index contributed by atoms with van der Waals surface area (Å²) in [5, 5.41) is 4.45. The predicted octanol–water partition coefficient (Wildman–Crippen LogP) is 2.01. The zero-order valence-corrected chi connectivity index (χ0v) is 18.5. The lowest BCUT2D eigenvalue weighted by Gasteiger charge is -2.35. The normalized spacial score (nSPS) is 16.8. The van der Waals surface area contributed by atoms with Gasteiger partial charge in [-0.1, -0.05) is 18.2 Å². The summed E-state index contributed by atoms with van der Waals surface area (Å²) in [5.74, 6) is 7.54. The van der Waals surface area contributed by atoms with Crippen molar-refractivity contribution in [3.63, 3.8) is 0 Å². The highest BCUT2D eigenvalue weighted by atomic mass is 16.1. The Morgan fingerprint density at radius 1 is 0.969 bits per heavy atom. The van der Waals surface area contributed by atoms with Gasteiger partial charge in [0, 0.05) is 43.7 Å². The van der Waals surface area contributed by atoms with Crippen molar-refractivity contribution in [2.24, 2.45) is 0 Å². The minimum Gasteiger partial charge on any atom is -0.354 e. The van der Waals surface area contributed by atoms with Crippen LogP contribution < -0.4 is 21.6 Å². The Bertz CT molecular complexity index is 1150. The van der Waals surface area contributed by atoms with E-state index in [-0.39, 0.29) is 5.56 Å². The number of piperazine rings is 1. The minimum atomic E-state index is -0.101. The third kappa shape index (κ3) is 4.27. The smallest absolute Gasteiger partial charge is 0.276 e. The highest BCUT2D eigenvalue weighted by molar-refractivity contribution is 5.80. The van der Waals surface area contributed by atoms with Gasteiger partial charge in [-0.15, -0.1) is 0 Å². The van der Waals surface area contributed by atoms with Gasteiger partial charge in [0.1, 0.15) is 5.82 Å². The number of pyridine rings is 1. The van der Waals surface area contributed by atoms with Crippen LogP contribution in [0.5, 0.6) is 0 Å². The summed E-state index contributed by atoms with van der Waals surface area (Å²) in [4.78, 5) is 26.8. The van der Waals surface area contributed by atoms with Gasteiger partial charge >= 0.3 is 0 Å². The highest BCUT2D eigenvalue weighted by Gasteiger charge is 2.19. The van der Waals surface area contributed by atoms with Crippen LogP contribution >= 0.6 is 0 Å². The molecule has 1 aromatic carbocycles. The summed E-state index contributed by atoms with van der Waals surface area (Å²) in [5.41, 5.74) is 2.66. The molecule has 0 amide bonds. The quantitative estimate of drug-likeness (QED) is 0.454. The van der Waals surface area contributed by atoms with Crippen LogP contribution in [0.2, 0.25) is 0 Å². The number of aryl methyl sites for hydroxylation is 1. The van der Waals surface area contributed by atoms with Crippen molar-refractivity contribution in [3.8, 4) is 0 Å². The minimum absolute atomic E-state index is 0.101. The maximum Gasteiger partial charge on any atom is 0.276 e. The second-order valence-corrected chi connectivity index (χ2v) is 8.71. The number of nitrogens with one attached hydrogen (secondary N) is 1. The maximum absolute atomic E-state index is 12.5. The summed E-state index contributed by atoms with van der Waals surface area (Å²) in [6.45, 7) is 5.75. The molecule has 8 heteroatoms. The van der Waals surface area contributed by atoms with Gasteiger partial charge in [0.05, 0.1) is 11.2 Å². The Balaban J connectivity index is 1.10. The van der Waals surface area contributed by atoms with Gasteiger partial charge in [0.15, 0.2) is 0 Å². The zero-order valence-electron chi connectivity index (χ0n) is 18.5. The molecule has 3 heterocycles. The standard InChI is InChI=1S/C24H31N7O/c25-31-23(32)19-7-2-4-9-21(19)28-24(31)26-12-5-13-29-14-16-30(17-15-29)22-11-10-18-6-1-3-8-20(18)27-22/h1,3,6,8,10-11H,2,4-5,7,9,12-17,25H2,(H,26,28). The molecule has 1 aliphatic carbocycles. The number of nitrogens with zero attached hydrogens (tertiary/aromatic N) is 5. The predicted molar refractivity (Wildman–Crippen MR) is 129 cm³/mol. The molecule has 0 unspecified atom stereocenters. The number of benzene rings is 1. The van der Waals surface area contributed by atoms with Crippen molar-refractivity contribution in [2.75, 3.05) is 55.3 Å². The van der Waals surface area contributed by atoms with Crippen molar-refractivity contribution in [1.82, 2.24) is 19.5 Å². The number of para-hydroxylation sites is 1. The second-order valence-electron chi connectivity index (χ2n) is 8.71. The van der Waals surface area contributed by atoms with Crippen LogP contribution in [0.3, 0.4) is 0 Å². The molecule has 168 valence electrons. The molecule has 0 radical (unpaired) electrons. The summed E-state index contributed by atoms with van der Waals surface area (Å²) in [6, 6.07) is 12.5. The molecule has 1 fully saturated rings.